The number of piperidine rings is 1. The topological polar surface area (TPSA) is 46.1 Å². The van der Waals surface area contributed by atoms with Gasteiger partial charge in [0.25, 0.3) is 5.91 Å². The number of hydrogen-bond acceptors (Lipinski definition) is 3. The molecular formula is C25H27N3O. The highest BCUT2D eigenvalue weighted by molar-refractivity contribution is 5.99. The molecule has 0 spiro atoms. The van der Waals surface area contributed by atoms with E-state index in [-0.39, 0.29) is 11.3 Å². The summed E-state index contributed by atoms with van der Waals surface area (Å²) in [5.41, 5.74) is 4.00. The van der Waals surface area contributed by atoms with E-state index in [1.54, 1.807) is 18.6 Å². The van der Waals surface area contributed by atoms with Crippen LogP contribution in [0.3, 0.4) is 0 Å². The van der Waals surface area contributed by atoms with E-state index in [0.717, 1.165) is 50.0 Å². The van der Waals surface area contributed by atoms with E-state index in [9.17, 15) is 4.79 Å². The van der Waals surface area contributed by atoms with Crippen LogP contribution in [0.2, 0.25) is 0 Å². The van der Waals surface area contributed by atoms with E-state index in [0.29, 0.717) is 5.56 Å². The quantitative estimate of drug-likeness (QED) is 0.620. The van der Waals surface area contributed by atoms with Crippen molar-refractivity contribution in [2.24, 2.45) is 5.41 Å². The van der Waals surface area contributed by atoms with Crippen LogP contribution in [0.25, 0.3) is 11.3 Å². The van der Waals surface area contributed by atoms with E-state index in [1.165, 1.54) is 5.56 Å². The van der Waals surface area contributed by atoms with Crippen molar-refractivity contribution in [1.29, 1.82) is 0 Å². The van der Waals surface area contributed by atoms with E-state index in [1.807, 2.05) is 29.2 Å². The Morgan fingerprint density at radius 3 is 2.38 bits per heavy atom. The summed E-state index contributed by atoms with van der Waals surface area (Å²) in [6, 6.07) is 18.2. The number of pyridine rings is 2. The lowest BCUT2D eigenvalue weighted by atomic mass is 9.72. The minimum absolute atomic E-state index is 0.0781. The normalized spacial score (nSPS) is 15.8. The molecule has 1 aromatic carbocycles. The van der Waals surface area contributed by atoms with Crippen molar-refractivity contribution in [3.63, 3.8) is 0 Å². The fourth-order valence-corrected chi connectivity index (χ4v) is 4.36. The largest absolute Gasteiger partial charge is 0.339 e. The second kappa shape index (κ2) is 8.56. The maximum absolute atomic E-state index is 13.3. The molecule has 1 fully saturated rings. The molecule has 1 aliphatic heterocycles. The third kappa shape index (κ3) is 4.21. The molecule has 4 nitrogen and oxygen atoms in total. The van der Waals surface area contributed by atoms with E-state index >= 15 is 0 Å². The molecule has 0 radical (unpaired) electrons. The first-order valence-corrected chi connectivity index (χ1v) is 10.4. The molecule has 4 heteroatoms. The lowest BCUT2D eigenvalue weighted by Gasteiger charge is -2.42. The minimum Gasteiger partial charge on any atom is -0.339 e. The maximum atomic E-state index is 13.3. The molecule has 0 atom stereocenters. The molecular weight excluding hydrogens is 358 g/mol. The number of aromatic nitrogens is 2. The van der Waals surface area contributed by atoms with Gasteiger partial charge in [-0.3, -0.25) is 14.8 Å². The predicted octanol–water partition coefficient (Wildman–Crippen LogP) is 5.02. The Morgan fingerprint density at radius 2 is 1.69 bits per heavy atom. The average molecular weight is 386 g/mol. The van der Waals surface area contributed by atoms with Gasteiger partial charge in [0.05, 0.1) is 11.3 Å². The van der Waals surface area contributed by atoms with Gasteiger partial charge in [0.15, 0.2) is 0 Å². The van der Waals surface area contributed by atoms with Gasteiger partial charge in [0.2, 0.25) is 0 Å². The summed E-state index contributed by atoms with van der Waals surface area (Å²) in [6.07, 6.45) is 9.51. The first-order valence-electron chi connectivity index (χ1n) is 10.4. The number of nitrogens with zero attached hydrogens (tertiary/aromatic N) is 3. The van der Waals surface area contributed by atoms with Crippen molar-refractivity contribution in [2.75, 3.05) is 13.1 Å². The van der Waals surface area contributed by atoms with Crippen molar-refractivity contribution in [2.45, 2.75) is 32.6 Å². The molecule has 0 aliphatic carbocycles. The van der Waals surface area contributed by atoms with Crippen LogP contribution in [0.4, 0.5) is 0 Å². The van der Waals surface area contributed by atoms with Crippen molar-refractivity contribution in [3.8, 4) is 11.3 Å². The zero-order valence-corrected chi connectivity index (χ0v) is 16.9. The monoisotopic (exact) mass is 385 g/mol. The first-order chi connectivity index (χ1) is 14.2. The highest BCUT2D eigenvalue weighted by atomic mass is 16.2. The molecule has 1 amide bonds. The number of likely N-dealkylation sites (tertiary alicyclic amines) is 1. The van der Waals surface area contributed by atoms with Gasteiger partial charge in [-0.2, -0.15) is 0 Å². The fraction of sp³-hybridized carbons (Fsp3) is 0.320. The van der Waals surface area contributed by atoms with Gasteiger partial charge in [-0.25, -0.2) is 0 Å². The van der Waals surface area contributed by atoms with E-state index in [2.05, 4.69) is 47.2 Å². The second-order valence-corrected chi connectivity index (χ2v) is 7.94. The molecule has 148 valence electrons. The number of benzene rings is 1. The zero-order valence-electron chi connectivity index (χ0n) is 16.9. The van der Waals surface area contributed by atoms with Gasteiger partial charge in [0.1, 0.15) is 0 Å². The molecule has 0 bridgehead atoms. The molecule has 0 unspecified atom stereocenters. The summed E-state index contributed by atoms with van der Waals surface area (Å²) in [4.78, 5) is 23.9. The van der Waals surface area contributed by atoms with Crippen LogP contribution in [0.15, 0.2) is 73.2 Å². The highest BCUT2D eigenvalue weighted by Gasteiger charge is 2.35. The third-order valence-electron chi connectivity index (χ3n) is 6.28. The van der Waals surface area contributed by atoms with E-state index in [4.69, 9.17) is 0 Å². The second-order valence-electron chi connectivity index (χ2n) is 7.94. The summed E-state index contributed by atoms with van der Waals surface area (Å²) in [5, 5.41) is 0. The van der Waals surface area contributed by atoms with E-state index < -0.39 is 0 Å². The smallest absolute Gasteiger partial charge is 0.256 e. The summed E-state index contributed by atoms with van der Waals surface area (Å²) >= 11 is 0. The Morgan fingerprint density at radius 1 is 0.966 bits per heavy atom. The zero-order chi connectivity index (χ0) is 20.1. The number of rotatable bonds is 5. The third-order valence-corrected chi connectivity index (χ3v) is 6.28. The number of carbonyl (C=O) groups is 1. The molecule has 4 rings (SSSR count). The molecule has 0 N–H and O–H groups in total. The van der Waals surface area contributed by atoms with Crippen molar-refractivity contribution < 1.29 is 4.79 Å². The lowest BCUT2D eigenvalue weighted by Crippen LogP contribution is -2.44. The van der Waals surface area contributed by atoms with Crippen LogP contribution < -0.4 is 0 Å². The van der Waals surface area contributed by atoms with Crippen LogP contribution >= 0.6 is 0 Å². The van der Waals surface area contributed by atoms with Crippen LogP contribution in [0, 0.1) is 5.41 Å². The standard InChI is InChI=1S/C25H27N3O/c1-2-25(19-20-7-4-3-5-8-20)12-17-28(18-13-25)24(29)22-9-6-14-27-23(22)21-10-15-26-16-11-21/h3-11,14-16H,2,12-13,17-19H2,1H3. The predicted molar refractivity (Wildman–Crippen MR) is 115 cm³/mol. The van der Waals surface area contributed by atoms with Gasteiger partial charge in [-0.1, -0.05) is 43.7 Å². The lowest BCUT2D eigenvalue weighted by molar-refractivity contribution is 0.0567. The molecule has 1 saturated heterocycles. The first kappa shape index (κ1) is 19.3. The molecule has 29 heavy (non-hydrogen) atoms. The maximum Gasteiger partial charge on any atom is 0.256 e. The molecule has 3 heterocycles. The van der Waals surface area contributed by atoms with Crippen LogP contribution in [-0.4, -0.2) is 33.9 Å². The summed E-state index contributed by atoms with van der Waals surface area (Å²) in [7, 11) is 0. The Labute approximate surface area is 172 Å². The van der Waals surface area contributed by atoms with Gasteiger partial charge in [-0.15, -0.1) is 0 Å². The highest BCUT2D eigenvalue weighted by Crippen LogP contribution is 2.38. The fourth-order valence-electron chi connectivity index (χ4n) is 4.36. The SMILES string of the molecule is CCC1(Cc2ccccc2)CCN(C(=O)c2cccnc2-c2ccncc2)CC1. The minimum atomic E-state index is 0.0781. The number of carbonyl (C=O) groups excluding carboxylic acids is 1. The van der Waals surface area contributed by atoms with Crippen molar-refractivity contribution in [3.05, 3.63) is 84.3 Å². The summed E-state index contributed by atoms with van der Waals surface area (Å²) in [5.74, 6) is 0.0781. The summed E-state index contributed by atoms with van der Waals surface area (Å²) < 4.78 is 0. The average Bonchev–Trinajstić information content (AvgIpc) is 2.80. The Bertz CT molecular complexity index is 948. The van der Waals surface area contributed by atoms with Gasteiger partial charge >= 0.3 is 0 Å². The Balaban J connectivity index is 1.50. The van der Waals surface area contributed by atoms with Crippen LogP contribution in [0.5, 0.6) is 0 Å². The molecule has 2 aromatic heterocycles. The molecule has 3 aromatic rings. The molecule has 0 saturated carbocycles. The van der Waals surface area contributed by atoms with Crippen molar-refractivity contribution in [1.82, 2.24) is 14.9 Å². The van der Waals surface area contributed by atoms with Gasteiger partial charge in [-0.05, 0) is 54.5 Å². The Hall–Kier alpha value is -3.01. The number of hydrogen-bond donors (Lipinski definition) is 0. The van der Waals surface area contributed by atoms with Gasteiger partial charge in [0, 0.05) is 37.2 Å². The van der Waals surface area contributed by atoms with Crippen LogP contribution in [-0.2, 0) is 6.42 Å². The Kier molecular flexibility index (Phi) is 5.70. The number of amides is 1. The molecule has 1 aliphatic rings. The van der Waals surface area contributed by atoms with Crippen LogP contribution in [0.1, 0.15) is 42.1 Å². The summed E-state index contributed by atoms with van der Waals surface area (Å²) in [6.45, 7) is 3.87. The van der Waals surface area contributed by atoms with Crippen molar-refractivity contribution >= 4 is 5.91 Å². The van der Waals surface area contributed by atoms with Gasteiger partial charge < -0.3 is 4.90 Å².